The van der Waals surface area contributed by atoms with Gasteiger partial charge in [-0.15, -0.1) is 0 Å². The molecule has 11 heteroatoms. The molecule has 0 saturated carbocycles. The van der Waals surface area contributed by atoms with Crippen LogP contribution in [0.25, 0.3) is 0 Å². The maximum Gasteiger partial charge on any atom is 3.00 e. The first kappa shape index (κ1) is 56.6. The van der Waals surface area contributed by atoms with Crippen molar-refractivity contribution < 1.29 is 42.8 Å². The summed E-state index contributed by atoms with van der Waals surface area (Å²) in [6.45, 7) is 20.0. The molecule has 6 aromatic rings. The van der Waals surface area contributed by atoms with Gasteiger partial charge in [0.1, 0.15) is 0 Å². The minimum absolute atomic E-state index is 0. The summed E-state index contributed by atoms with van der Waals surface area (Å²) in [6.07, 6.45) is 7.57. The molecule has 3 heterocycles. The van der Waals surface area contributed by atoms with Gasteiger partial charge in [-0.25, -0.2) is 0 Å². The van der Waals surface area contributed by atoms with Gasteiger partial charge >= 0.3 is 19.5 Å². The van der Waals surface area contributed by atoms with E-state index in [1.165, 1.54) is 89.2 Å². The van der Waals surface area contributed by atoms with Crippen LogP contribution in [-0.2, 0) is 38.5 Å². The fourth-order valence-corrected chi connectivity index (χ4v) is 15.7. The molecule has 6 aromatic carbocycles. The quantitative estimate of drug-likeness (QED) is 0.0633. The first-order chi connectivity index (χ1) is 33.8. The Bertz CT molecular complexity index is 1790. The van der Waals surface area contributed by atoms with Gasteiger partial charge in [-0.3, -0.25) is 19.5 Å². The Hall–Kier alpha value is -3.34. The number of ether oxygens (including phenoxy) is 3. The third-order valence-corrected chi connectivity index (χ3v) is 20.1. The van der Waals surface area contributed by atoms with Crippen LogP contribution >= 0.6 is 23.8 Å². The first-order valence-electron chi connectivity index (χ1n) is 24.5. The SMILES string of the molecule is [C]=O.[H-].[H-].[H-].[Rh+3].c1ccc(P(CCCN2CCOCC2)c2ccccc2)cc1.c1ccc(P(CCCN2CCOCC2)c2ccccc2)cc1.c1ccc(P(CCCN2CCOCC2)c2ccccc2)cc1. The zero-order valence-electron chi connectivity index (χ0n) is 43.3. The summed E-state index contributed by atoms with van der Waals surface area (Å²) in [5, 5.41) is 8.95. The molecule has 3 fully saturated rings. The van der Waals surface area contributed by atoms with Gasteiger partial charge in [-0.1, -0.05) is 182 Å². The molecule has 7 nitrogen and oxygen atoms in total. The smallest absolute Gasteiger partial charge is 1.00 e. The van der Waals surface area contributed by atoms with Gasteiger partial charge in [-0.05, 0) is 113 Å². The summed E-state index contributed by atoms with van der Waals surface area (Å²) in [7, 11) is -0.707. The molecule has 0 aliphatic carbocycles. The van der Waals surface area contributed by atoms with Crippen molar-refractivity contribution in [3.63, 3.8) is 0 Å². The van der Waals surface area contributed by atoms with Crippen LogP contribution in [0.5, 0.6) is 0 Å². The predicted octanol–water partition coefficient (Wildman–Crippen LogP) is 8.46. The molecule has 3 saturated heterocycles. The summed E-state index contributed by atoms with van der Waals surface area (Å²) in [4.78, 5) is 15.1. The fraction of sp³-hybridized carbons (Fsp3) is 0.362. The molecule has 0 unspecified atom stereocenters. The Morgan fingerprint density at radius 1 is 0.333 bits per heavy atom. The fourth-order valence-electron chi connectivity index (χ4n) is 8.70. The van der Waals surface area contributed by atoms with E-state index in [4.69, 9.17) is 19.0 Å². The van der Waals surface area contributed by atoms with Gasteiger partial charge in [-0.2, -0.15) is 0 Å². The van der Waals surface area contributed by atoms with Crippen LogP contribution in [0, 0.1) is 0 Å². The van der Waals surface area contributed by atoms with Crippen molar-refractivity contribution in [2.75, 3.05) is 117 Å². The second kappa shape index (κ2) is 34.9. The molecule has 69 heavy (non-hydrogen) atoms. The zero-order valence-corrected chi connectivity index (χ0v) is 44.6. The Labute approximate surface area is 435 Å². The van der Waals surface area contributed by atoms with Crippen LogP contribution < -0.4 is 31.8 Å². The maximum absolute atomic E-state index is 7.50. The normalized spacial score (nSPS) is 15.4. The van der Waals surface area contributed by atoms with Crippen molar-refractivity contribution >= 4 is 62.4 Å². The van der Waals surface area contributed by atoms with Gasteiger partial charge in [0.05, 0.1) is 39.6 Å². The second-order valence-electron chi connectivity index (χ2n) is 16.9. The van der Waals surface area contributed by atoms with Crippen molar-refractivity contribution in [1.29, 1.82) is 0 Å². The van der Waals surface area contributed by atoms with Gasteiger partial charge in [0, 0.05) is 39.3 Å². The molecule has 370 valence electrons. The maximum atomic E-state index is 7.50. The molecular weight excluding hydrogens is 998 g/mol. The number of hydrogen-bond donors (Lipinski definition) is 0. The number of nitrogens with zero attached hydrogens (tertiary/aromatic N) is 3. The topological polar surface area (TPSA) is 54.5 Å². The predicted molar refractivity (Wildman–Crippen MR) is 296 cm³/mol. The van der Waals surface area contributed by atoms with E-state index in [1.807, 2.05) is 0 Å². The van der Waals surface area contributed by atoms with E-state index in [9.17, 15) is 0 Å². The van der Waals surface area contributed by atoms with Gasteiger partial charge in [0.25, 0.3) is 6.79 Å². The Morgan fingerprint density at radius 2 is 0.507 bits per heavy atom. The number of benzene rings is 6. The number of carbonyl (C=O) groups excluding carboxylic acids is 1. The molecule has 3 aliphatic rings. The minimum Gasteiger partial charge on any atom is -1.00 e. The summed E-state index contributed by atoms with van der Waals surface area (Å²) >= 11 is 0. The summed E-state index contributed by atoms with van der Waals surface area (Å²) in [5.41, 5.74) is 0. The molecule has 9 rings (SSSR count). The van der Waals surface area contributed by atoms with Crippen LogP contribution in [0.4, 0.5) is 0 Å². The van der Waals surface area contributed by atoms with E-state index in [2.05, 4.69) is 203 Å². The van der Waals surface area contributed by atoms with Gasteiger partial charge < -0.3 is 18.5 Å². The van der Waals surface area contributed by atoms with Crippen LogP contribution in [-0.4, -0.2) is 139 Å². The largest absolute Gasteiger partial charge is 3.00 e. The van der Waals surface area contributed by atoms with Crippen molar-refractivity contribution in [2.45, 2.75) is 19.3 Å². The Morgan fingerprint density at radius 3 is 0.681 bits per heavy atom. The summed E-state index contributed by atoms with van der Waals surface area (Å²) in [6, 6.07) is 66.0. The van der Waals surface area contributed by atoms with E-state index in [0.717, 1.165) is 78.9 Å². The molecular formula is C58H75N3O4P3Rh. The average molecular weight is 1070 g/mol. The molecule has 0 N–H and O–H groups in total. The first-order valence-corrected chi connectivity index (χ1v) is 29.1. The minimum atomic E-state index is -0.236. The van der Waals surface area contributed by atoms with E-state index in [1.54, 1.807) is 0 Å². The van der Waals surface area contributed by atoms with E-state index in [-0.39, 0.29) is 47.5 Å². The second-order valence-corrected chi connectivity index (χ2v) is 23.9. The Kier molecular flexibility index (Phi) is 28.6. The summed E-state index contributed by atoms with van der Waals surface area (Å²) < 4.78 is 16.3. The number of hydrogen-bond acceptors (Lipinski definition) is 7. The third kappa shape index (κ3) is 20.7. The van der Waals surface area contributed by atoms with Crippen molar-refractivity contribution in [1.82, 2.24) is 14.7 Å². The monoisotopic (exact) mass is 1070 g/mol. The molecule has 0 aromatic heterocycles. The summed E-state index contributed by atoms with van der Waals surface area (Å²) in [5.74, 6) is 0. The van der Waals surface area contributed by atoms with Crippen molar-refractivity contribution in [3.05, 3.63) is 182 Å². The molecule has 0 amide bonds. The van der Waals surface area contributed by atoms with Crippen LogP contribution in [0.15, 0.2) is 182 Å². The van der Waals surface area contributed by atoms with E-state index in [0.29, 0.717) is 0 Å². The van der Waals surface area contributed by atoms with Crippen LogP contribution in [0.1, 0.15) is 23.5 Å². The van der Waals surface area contributed by atoms with Crippen molar-refractivity contribution in [3.8, 4) is 0 Å². The number of morpholine rings is 3. The van der Waals surface area contributed by atoms with Crippen LogP contribution in [0.2, 0.25) is 0 Å². The third-order valence-electron chi connectivity index (χ3n) is 12.3. The molecule has 0 spiro atoms. The Balaban J connectivity index is 0.000000354. The zero-order chi connectivity index (χ0) is 47.1. The molecule has 0 atom stereocenters. The van der Waals surface area contributed by atoms with Crippen molar-refractivity contribution in [2.24, 2.45) is 0 Å². The molecule has 0 bridgehead atoms. The average Bonchev–Trinajstić information content (AvgIpc) is 3.43. The van der Waals surface area contributed by atoms with Gasteiger partial charge in [0.15, 0.2) is 0 Å². The standard InChI is InChI=1S/3C19H24NOP.CO.Rh.3H/c3*1-3-8-18(9-4-1)22(19-10-5-2-6-11-19)17-7-12-20-13-15-21-16-14-20;1-2;;;;/h3*1-6,8-11H,7,12-17H2;;;;;/q;;;;+3;3*-1. The van der Waals surface area contributed by atoms with Gasteiger partial charge in [0.2, 0.25) is 0 Å². The van der Waals surface area contributed by atoms with Crippen LogP contribution in [0.3, 0.4) is 0 Å². The molecule has 2 radical (unpaired) electrons. The van der Waals surface area contributed by atoms with E-state index >= 15 is 0 Å². The molecule has 3 aliphatic heterocycles. The van der Waals surface area contributed by atoms with E-state index < -0.39 is 0 Å². The number of rotatable bonds is 18.